The van der Waals surface area contributed by atoms with Gasteiger partial charge in [-0.2, -0.15) is 0 Å². The predicted octanol–water partition coefficient (Wildman–Crippen LogP) is -5.43. The second-order valence-corrected chi connectivity index (χ2v) is 5.60. The highest BCUT2D eigenvalue weighted by Crippen LogP contribution is 2.28. The summed E-state index contributed by atoms with van der Waals surface area (Å²) in [5.74, 6) is 0. The van der Waals surface area contributed by atoms with Gasteiger partial charge in [-0.05, 0) is 0 Å². The molecule has 0 aromatic carbocycles. The Hall–Kier alpha value is -0.440. The maximum absolute atomic E-state index is 10.0. The SMILES string of the molecule is N[C@@H]1O[C@H](CO)[C@@H](O[C@@H]2O[C@H](CO)[C@H](O)[C@H](O)[C@H]2O)[C@H](O)[C@H]1O. The highest BCUT2D eigenvalue weighted by Gasteiger charge is 2.49. The zero-order valence-electron chi connectivity index (χ0n) is 12.1. The molecule has 2 fully saturated rings. The summed E-state index contributed by atoms with van der Waals surface area (Å²) in [6.45, 7) is -1.25. The van der Waals surface area contributed by atoms with Gasteiger partial charge in [0.1, 0.15) is 55.1 Å². The number of ether oxygens (including phenoxy) is 3. The third-order valence-electron chi connectivity index (χ3n) is 4.04. The van der Waals surface area contributed by atoms with Crippen molar-refractivity contribution < 1.29 is 50.0 Å². The lowest BCUT2D eigenvalue weighted by Crippen LogP contribution is -2.65. The van der Waals surface area contributed by atoms with Gasteiger partial charge in [0.05, 0.1) is 13.2 Å². The number of aliphatic hydroxyl groups excluding tert-OH is 7. The van der Waals surface area contributed by atoms with Gasteiger partial charge in [0.15, 0.2) is 6.29 Å². The third-order valence-corrected chi connectivity index (χ3v) is 4.04. The molecular weight excluding hydrogens is 318 g/mol. The van der Waals surface area contributed by atoms with E-state index in [1.165, 1.54) is 0 Å². The lowest BCUT2D eigenvalue weighted by molar-refractivity contribution is -0.341. The third kappa shape index (κ3) is 3.65. The largest absolute Gasteiger partial charge is 0.394 e. The van der Waals surface area contributed by atoms with Crippen molar-refractivity contribution in [2.24, 2.45) is 5.73 Å². The molecule has 2 aliphatic rings. The smallest absolute Gasteiger partial charge is 0.187 e. The van der Waals surface area contributed by atoms with Gasteiger partial charge >= 0.3 is 0 Å². The summed E-state index contributed by atoms with van der Waals surface area (Å²) >= 11 is 0. The van der Waals surface area contributed by atoms with E-state index in [2.05, 4.69) is 0 Å². The van der Waals surface area contributed by atoms with Gasteiger partial charge in [0.25, 0.3) is 0 Å². The van der Waals surface area contributed by atoms with E-state index in [0.717, 1.165) is 0 Å². The van der Waals surface area contributed by atoms with Crippen LogP contribution in [0.2, 0.25) is 0 Å². The number of aliphatic hydroxyl groups is 7. The van der Waals surface area contributed by atoms with E-state index >= 15 is 0 Å². The molecule has 11 heteroatoms. The fraction of sp³-hybridized carbons (Fsp3) is 1.00. The summed E-state index contributed by atoms with van der Waals surface area (Å²) < 4.78 is 15.6. The van der Waals surface area contributed by atoms with Gasteiger partial charge < -0.3 is 55.7 Å². The molecule has 10 atom stereocenters. The maximum Gasteiger partial charge on any atom is 0.187 e. The van der Waals surface area contributed by atoms with Gasteiger partial charge in [-0.25, -0.2) is 0 Å². The maximum atomic E-state index is 10.0. The average molecular weight is 341 g/mol. The summed E-state index contributed by atoms with van der Waals surface area (Å²) in [6.07, 6.45) is -14.4. The highest BCUT2D eigenvalue weighted by atomic mass is 16.7. The molecule has 2 rings (SSSR count). The van der Waals surface area contributed by atoms with Crippen LogP contribution >= 0.6 is 0 Å². The zero-order chi connectivity index (χ0) is 17.3. The first-order chi connectivity index (χ1) is 10.8. The monoisotopic (exact) mass is 341 g/mol. The number of hydrogen-bond donors (Lipinski definition) is 8. The Balaban J connectivity index is 2.11. The molecule has 136 valence electrons. The van der Waals surface area contributed by atoms with Gasteiger partial charge in [-0.15, -0.1) is 0 Å². The van der Waals surface area contributed by atoms with E-state index in [0.29, 0.717) is 0 Å². The molecule has 0 aromatic rings. The number of nitrogens with two attached hydrogens (primary N) is 1. The van der Waals surface area contributed by atoms with E-state index in [4.69, 9.17) is 25.1 Å². The van der Waals surface area contributed by atoms with Gasteiger partial charge in [-0.1, -0.05) is 0 Å². The molecule has 11 nitrogen and oxygen atoms in total. The molecule has 2 heterocycles. The molecule has 0 saturated carbocycles. The summed E-state index contributed by atoms with van der Waals surface area (Å²) in [7, 11) is 0. The molecule has 0 aromatic heterocycles. The summed E-state index contributed by atoms with van der Waals surface area (Å²) in [5.41, 5.74) is 5.46. The lowest BCUT2D eigenvalue weighted by Gasteiger charge is -2.45. The van der Waals surface area contributed by atoms with Crippen LogP contribution in [0.4, 0.5) is 0 Å². The Kier molecular flexibility index (Phi) is 6.27. The topological polar surface area (TPSA) is 195 Å². The molecule has 2 aliphatic heterocycles. The van der Waals surface area contributed by atoms with E-state index in [1.54, 1.807) is 0 Å². The fourth-order valence-electron chi connectivity index (χ4n) is 2.62. The Morgan fingerprint density at radius 2 is 1.35 bits per heavy atom. The van der Waals surface area contributed by atoms with Crippen molar-refractivity contribution in [3.8, 4) is 0 Å². The molecule has 23 heavy (non-hydrogen) atoms. The predicted molar refractivity (Wildman–Crippen MR) is 70.6 cm³/mol. The van der Waals surface area contributed by atoms with Crippen LogP contribution in [0.5, 0.6) is 0 Å². The molecule has 0 unspecified atom stereocenters. The van der Waals surface area contributed by atoms with Crippen molar-refractivity contribution in [2.75, 3.05) is 13.2 Å². The first-order valence-corrected chi connectivity index (χ1v) is 7.15. The zero-order valence-corrected chi connectivity index (χ0v) is 12.1. The minimum atomic E-state index is -1.69. The van der Waals surface area contributed by atoms with E-state index < -0.39 is 74.6 Å². The molecule has 2 saturated heterocycles. The second kappa shape index (κ2) is 7.63. The Morgan fingerprint density at radius 1 is 0.739 bits per heavy atom. The van der Waals surface area contributed by atoms with Crippen LogP contribution in [0.3, 0.4) is 0 Å². The van der Waals surface area contributed by atoms with Gasteiger partial charge in [0.2, 0.25) is 0 Å². The fourth-order valence-corrected chi connectivity index (χ4v) is 2.62. The van der Waals surface area contributed by atoms with Crippen LogP contribution in [0.25, 0.3) is 0 Å². The van der Waals surface area contributed by atoms with E-state index in [9.17, 15) is 30.6 Å². The summed E-state index contributed by atoms with van der Waals surface area (Å²) in [5, 5.41) is 67.4. The summed E-state index contributed by atoms with van der Waals surface area (Å²) in [4.78, 5) is 0. The minimum absolute atomic E-state index is 0.598. The van der Waals surface area contributed by atoms with Crippen molar-refractivity contribution in [3.63, 3.8) is 0 Å². The molecule has 0 spiro atoms. The quantitative estimate of drug-likeness (QED) is 0.243. The van der Waals surface area contributed by atoms with Crippen molar-refractivity contribution in [1.82, 2.24) is 0 Å². The van der Waals surface area contributed by atoms with Crippen molar-refractivity contribution in [1.29, 1.82) is 0 Å². The summed E-state index contributed by atoms with van der Waals surface area (Å²) in [6, 6.07) is 0. The Morgan fingerprint density at radius 3 is 1.91 bits per heavy atom. The standard InChI is InChI=1S/C12H23NO10/c13-11-8(19)7(18)10(4(2-15)21-11)23-12-9(20)6(17)5(16)3(1-14)22-12/h3-12,14-20H,1-2,13H2/t3-,4-,5+,6+,7-,8-,9-,10-,11-,12+/m1/s1. The minimum Gasteiger partial charge on any atom is -0.394 e. The normalized spacial score (nSPS) is 51.7. The molecule has 0 bridgehead atoms. The molecule has 0 aliphatic carbocycles. The van der Waals surface area contributed by atoms with Crippen molar-refractivity contribution in [2.45, 2.75) is 61.3 Å². The van der Waals surface area contributed by atoms with E-state index in [1.807, 2.05) is 0 Å². The number of hydrogen-bond acceptors (Lipinski definition) is 11. The van der Waals surface area contributed by atoms with Crippen LogP contribution < -0.4 is 5.73 Å². The molecule has 0 amide bonds. The first-order valence-electron chi connectivity index (χ1n) is 7.15. The molecule has 0 radical (unpaired) electrons. The van der Waals surface area contributed by atoms with Crippen LogP contribution in [0.15, 0.2) is 0 Å². The van der Waals surface area contributed by atoms with Crippen molar-refractivity contribution in [3.05, 3.63) is 0 Å². The number of rotatable bonds is 4. The van der Waals surface area contributed by atoms with Crippen LogP contribution in [0.1, 0.15) is 0 Å². The van der Waals surface area contributed by atoms with Crippen LogP contribution in [-0.2, 0) is 14.2 Å². The Bertz CT molecular complexity index is 383. The lowest BCUT2D eigenvalue weighted by atomic mass is 9.96. The average Bonchev–Trinajstić information content (AvgIpc) is 2.55. The molecule has 9 N–H and O–H groups in total. The van der Waals surface area contributed by atoms with Gasteiger partial charge in [-0.3, -0.25) is 0 Å². The van der Waals surface area contributed by atoms with Crippen LogP contribution in [-0.4, -0.2) is 110 Å². The van der Waals surface area contributed by atoms with Crippen LogP contribution in [0, 0.1) is 0 Å². The molecular formula is C12H23NO10. The second-order valence-electron chi connectivity index (χ2n) is 5.60. The van der Waals surface area contributed by atoms with Crippen molar-refractivity contribution >= 4 is 0 Å². The highest BCUT2D eigenvalue weighted by molar-refractivity contribution is 4.94. The first kappa shape index (κ1) is 18.9. The van der Waals surface area contributed by atoms with Gasteiger partial charge in [0, 0.05) is 0 Å². The van der Waals surface area contributed by atoms with E-state index in [-0.39, 0.29) is 0 Å². The Labute approximate surface area is 131 Å².